The molecule has 0 saturated heterocycles. The SMILES string of the molecule is Cc1ccc(S(=O)(=O)Oc2ccc(Oc3ccccc3)cc2)cc1. The molecule has 0 unspecified atom stereocenters. The van der Waals surface area contributed by atoms with Crippen molar-refractivity contribution in [1.29, 1.82) is 0 Å². The highest BCUT2D eigenvalue weighted by molar-refractivity contribution is 7.87. The molecule has 0 bridgehead atoms. The number of rotatable bonds is 5. The van der Waals surface area contributed by atoms with Gasteiger partial charge in [0.25, 0.3) is 0 Å². The van der Waals surface area contributed by atoms with Crippen LogP contribution in [-0.4, -0.2) is 8.42 Å². The fourth-order valence-corrected chi connectivity index (χ4v) is 3.00. The van der Waals surface area contributed by atoms with Crippen LogP contribution in [0.2, 0.25) is 0 Å². The molecule has 0 radical (unpaired) electrons. The quantitative estimate of drug-likeness (QED) is 0.639. The van der Waals surface area contributed by atoms with Gasteiger partial charge in [-0.2, -0.15) is 8.42 Å². The largest absolute Gasteiger partial charge is 0.457 e. The van der Waals surface area contributed by atoms with Crippen LogP contribution in [0.4, 0.5) is 0 Å². The molecule has 0 aromatic heterocycles. The van der Waals surface area contributed by atoms with E-state index in [2.05, 4.69) is 0 Å². The van der Waals surface area contributed by atoms with Gasteiger partial charge in [-0.15, -0.1) is 0 Å². The normalized spacial score (nSPS) is 11.0. The van der Waals surface area contributed by atoms with E-state index >= 15 is 0 Å². The molecular formula is C19H16O4S. The van der Waals surface area contributed by atoms with E-state index in [4.69, 9.17) is 8.92 Å². The van der Waals surface area contributed by atoms with E-state index in [1.54, 1.807) is 36.4 Å². The van der Waals surface area contributed by atoms with Crippen molar-refractivity contribution in [1.82, 2.24) is 0 Å². The Labute approximate surface area is 141 Å². The van der Waals surface area contributed by atoms with Gasteiger partial charge in [-0.25, -0.2) is 0 Å². The van der Waals surface area contributed by atoms with Gasteiger partial charge >= 0.3 is 10.1 Å². The molecule has 122 valence electrons. The summed E-state index contributed by atoms with van der Waals surface area (Å²) >= 11 is 0. The number of ether oxygens (including phenoxy) is 1. The maximum Gasteiger partial charge on any atom is 0.339 e. The van der Waals surface area contributed by atoms with Crippen molar-refractivity contribution in [3.05, 3.63) is 84.4 Å². The molecule has 5 heteroatoms. The number of hydrogen-bond donors (Lipinski definition) is 0. The summed E-state index contributed by atoms with van der Waals surface area (Å²) in [5.41, 5.74) is 0.983. The van der Waals surface area contributed by atoms with Crippen LogP contribution in [0.25, 0.3) is 0 Å². The van der Waals surface area contributed by atoms with E-state index in [0.717, 1.165) is 5.56 Å². The Kier molecular flexibility index (Phi) is 4.53. The van der Waals surface area contributed by atoms with Gasteiger partial charge in [0.1, 0.15) is 22.1 Å². The highest BCUT2D eigenvalue weighted by atomic mass is 32.2. The molecule has 3 rings (SSSR count). The maximum atomic E-state index is 12.2. The maximum absolute atomic E-state index is 12.2. The monoisotopic (exact) mass is 340 g/mol. The lowest BCUT2D eigenvalue weighted by Gasteiger charge is -2.09. The third kappa shape index (κ3) is 3.94. The van der Waals surface area contributed by atoms with E-state index in [0.29, 0.717) is 11.5 Å². The van der Waals surface area contributed by atoms with Crippen molar-refractivity contribution in [2.45, 2.75) is 11.8 Å². The molecule has 0 heterocycles. The van der Waals surface area contributed by atoms with Gasteiger partial charge < -0.3 is 8.92 Å². The summed E-state index contributed by atoms with van der Waals surface area (Å²) in [6.45, 7) is 1.89. The Morgan fingerprint density at radius 3 is 1.83 bits per heavy atom. The van der Waals surface area contributed by atoms with Gasteiger partial charge in [0.15, 0.2) is 0 Å². The zero-order valence-corrected chi connectivity index (χ0v) is 13.9. The first kappa shape index (κ1) is 16.1. The van der Waals surface area contributed by atoms with E-state index in [-0.39, 0.29) is 10.6 Å². The van der Waals surface area contributed by atoms with E-state index < -0.39 is 10.1 Å². The first-order chi connectivity index (χ1) is 11.5. The highest BCUT2D eigenvalue weighted by Crippen LogP contribution is 2.25. The second-order valence-electron chi connectivity index (χ2n) is 5.24. The second-order valence-corrected chi connectivity index (χ2v) is 6.78. The summed E-state index contributed by atoms with van der Waals surface area (Å²) in [4.78, 5) is 0.123. The molecule has 0 aliphatic carbocycles. The van der Waals surface area contributed by atoms with E-state index in [1.165, 1.54) is 12.1 Å². The van der Waals surface area contributed by atoms with Crippen molar-refractivity contribution in [2.75, 3.05) is 0 Å². The van der Waals surface area contributed by atoms with Crippen LogP contribution in [0.15, 0.2) is 83.8 Å². The van der Waals surface area contributed by atoms with Gasteiger partial charge in [0.2, 0.25) is 0 Å². The lowest BCUT2D eigenvalue weighted by Crippen LogP contribution is -2.09. The lowest BCUT2D eigenvalue weighted by atomic mass is 10.2. The Morgan fingerprint density at radius 1 is 0.667 bits per heavy atom. The van der Waals surface area contributed by atoms with Gasteiger partial charge in [0.05, 0.1) is 0 Å². The van der Waals surface area contributed by atoms with Gasteiger partial charge in [-0.05, 0) is 55.5 Å². The summed E-state index contributed by atoms with van der Waals surface area (Å²) < 4.78 is 35.3. The first-order valence-corrected chi connectivity index (χ1v) is 8.78. The highest BCUT2D eigenvalue weighted by Gasteiger charge is 2.16. The van der Waals surface area contributed by atoms with E-state index in [1.807, 2.05) is 37.3 Å². The average molecular weight is 340 g/mol. The molecule has 0 fully saturated rings. The minimum atomic E-state index is -3.84. The smallest absolute Gasteiger partial charge is 0.339 e. The molecule has 0 spiro atoms. The molecule has 4 nitrogen and oxygen atoms in total. The van der Waals surface area contributed by atoms with Crippen molar-refractivity contribution < 1.29 is 17.3 Å². The minimum absolute atomic E-state index is 0.123. The first-order valence-electron chi connectivity index (χ1n) is 7.37. The predicted octanol–water partition coefficient (Wildman–Crippen LogP) is 4.56. The average Bonchev–Trinajstić information content (AvgIpc) is 2.58. The molecule has 24 heavy (non-hydrogen) atoms. The van der Waals surface area contributed by atoms with Crippen molar-refractivity contribution >= 4 is 10.1 Å². The molecular weight excluding hydrogens is 324 g/mol. The van der Waals surface area contributed by atoms with Gasteiger partial charge in [0, 0.05) is 0 Å². The van der Waals surface area contributed by atoms with Crippen LogP contribution in [0.1, 0.15) is 5.56 Å². The summed E-state index contributed by atoms with van der Waals surface area (Å²) in [6.07, 6.45) is 0. The molecule has 3 aromatic carbocycles. The lowest BCUT2D eigenvalue weighted by molar-refractivity contribution is 0.474. The topological polar surface area (TPSA) is 52.6 Å². The van der Waals surface area contributed by atoms with Crippen LogP contribution in [-0.2, 0) is 10.1 Å². The Balaban J connectivity index is 1.73. The minimum Gasteiger partial charge on any atom is -0.457 e. The summed E-state index contributed by atoms with van der Waals surface area (Å²) in [6, 6.07) is 22.3. The van der Waals surface area contributed by atoms with Crippen molar-refractivity contribution in [3.8, 4) is 17.2 Å². The Hall–Kier alpha value is -2.79. The van der Waals surface area contributed by atoms with Crippen LogP contribution in [0.3, 0.4) is 0 Å². The van der Waals surface area contributed by atoms with Gasteiger partial charge in [-0.1, -0.05) is 35.9 Å². The van der Waals surface area contributed by atoms with Crippen LogP contribution in [0, 0.1) is 6.92 Å². The van der Waals surface area contributed by atoms with Crippen LogP contribution in [0.5, 0.6) is 17.2 Å². The molecule has 0 amide bonds. The zero-order chi connectivity index (χ0) is 17.0. The van der Waals surface area contributed by atoms with Crippen LogP contribution >= 0.6 is 0 Å². The zero-order valence-electron chi connectivity index (χ0n) is 13.0. The summed E-state index contributed by atoms with van der Waals surface area (Å²) in [5.74, 6) is 1.54. The molecule has 0 atom stereocenters. The predicted molar refractivity (Wildman–Crippen MR) is 92.0 cm³/mol. The summed E-state index contributed by atoms with van der Waals surface area (Å²) in [5, 5.41) is 0. The number of aryl methyl sites for hydroxylation is 1. The fraction of sp³-hybridized carbons (Fsp3) is 0.0526. The van der Waals surface area contributed by atoms with E-state index in [9.17, 15) is 8.42 Å². The summed E-state index contributed by atoms with van der Waals surface area (Å²) in [7, 11) is -3.84. The molecule has 0 N–H and O–H groups in total. The number of benzene rings is 3. The van der Waals surface area contributed by atoms with Gasteiger partial charge in [-0.3, -0.25) is 0 Å². The third-order valence-electron chi connectivity index (χ3n) is 3.32. The van der Waals surface area contributed by atoms with Crippen LogP contribution < -0.4 is 8.92 Å². The third-order valence-corrected chi connectivity index (χ3v) is 4.58. The standard InChI is InChI=1S/C19H16O4S/c1-15-7-13-19(14-8-15)24(20,21)23-18-11-9-17(10-12-18)22-16-5-3-2-4-6-16/h2-14H,1H3. The number of hydrogen-bond acceptors (Lipinski definition) is 4. The molecule has 0 aliphatic heterocycles. The Morgan fingerprint density at radius 2 is 1.21 bits per heavy atom. The molecule has 0 saturated carbocycles. The second kappa shape index (κ2) is 6.76. The Bertz CT molecular complexity index is 900. The van der Waals surface area contributed by atoms with Crippen molar-refractivity contribution in [2.24, 2.45) is 0 Å². The molecule has 0 aliphatic rings. The fourth-order valence-electron chi connectivity index (χ4n) is 2.07. The number of para-hydroxylation sites is 1. The van der Waals surface area contributed by atoms with Crippen molar-refractivity contribution in [3.63, 3.8) is 0 Å². The molecule has 3 aromatic rings.